The minimum absolute atomic E-state index is 0.0450. The van der Waals surface area contributed by atoms with Crippen LogP contribution in [0.4, 0.5) is 0 Å². The van der Waals surface area contributed by atoms with Gasteiger partial charge in [0, 0.05) is 24.3 Å². The lowest BCUT2D eigenvalue weighted by Crippen LogP contribution is -2.45. The third-order valence-electron chi connectivity index (χ3n) is 6.10. The quantitative estimate of drug-likeness (QED) is 0.522. The van der Waals surface area contributed by atoms with Crippen molar-refractivity contribution in [1.29, 1.82) is 0 Å². The van der Waals surface area contributed by atoms with Gasteiger partial charge in [0.15, 0.2) is 0 Å². The van der Waals surface area contributed by atoms with E-state index in [0.29, 0.717) is 0 Å². The van der Waals surface area contributed by atoms with Crippen molar-refractivity contribution in [3.8, 4) is 0 Å². The number of rotatable bonds is 6. The number of fused-ring (bicyclic) bond motifs is 1. The fourth-order valence-corrected chi connectivity index (χ4v) is 4.32. The molecule has 2 unspecified atom stereocenters. The third-order valence-corrected chi connectivity index (χ3v) is 6.10. The molecular weight excluding hydrogens is 292 g/mol. The summed E-state index contributed by atoms with van der Waals surface area (Å²) < 4.78 is 0. The normalized spacial score (nSPS) is 30.3. The Morgan fingerprint density at radius 2 is 1.04 bits per heavy atom. The first-order valence-corrected chi connectivity index (χ1v) is 10.2. The Bertz CT molecular complexity index is 467. The minimum atomic E-state index is 0.0450. The van der Waals surface area contributed by atoms with Gasteiger partial charge in [-0.1, -0.05) is 81.1 Å². The molecule has 0 aromatic carbocycles. The van der Waals surface area contributed by atoms with Crippen LogP contribution < -0.4 is 0 Å². The summed E-state index contributed by atoms with van der Waals surface area (Å²) in [5, 5.41) is 0. The highest BCUT2D eigenvalue weighted by Crippen LogP contribution is 2.55. The summed E-state index contributed by atoms with van der Waals surface area (Å²) in [7, 11) is 0. The van der Waals surface area contributed by atoms with Crippen LogP contribution >= 0.6 is 0 Å². The van der Waals surface area contributed by atoms with Crippen LogP contribution in [0.1, 0.15) is 107 Å². The first-order chi connectivity index (χ1) is 11.0. The zero-order valence-electron chi connectivity index (χ0n) is 17.6. The first-order valence-electron chi connectivity index (χ1n) is 10.2. The SMILES string of the molecule is CCCCC12CC(C(C)(C)C)=NC1(CCCC)CC(C(C)(C)C)=N2. The van der Waals surface area contributed by atoms with Crippen LogP contribution in [-0.4, -0.2) is 22.5 Å². The molecule has 0 radical (unpaired) electrons. The molecule has 138 valence electrons. The molecule has 2 heterocycles. The molecule has 2 aliphatic heterocycles. The van der Waals surface area contributed by atoms with Crippen LogP contribution in [0.15, 0.2) is 9.98 Å². The summed E-state index contributed by atoms with van der Waals surface area (Å²) in [6.45, 7) is 18.5. The second-order valence-electron chi connectivity index (χ2n) is 10.2. The van der Waals surface area contributed by atoms with E-state index in [1.54, 1.807) is 0 Å². The predicted octanol–water partition coefficient (Wildman–Crippen LogP) is 6.63. The van der Waals surface area contributed by atoms with Crippen LogP contribution in [0.3, 0.4) is 0 Å². The van der Waals surface area contributed by atoms with Crippen molar-refractivity contribution in [3.63, 3.8) is 0 Å². The summed E-state index contributed by atoms with van der Waals surface area (Å²) in [6.07, 6.45) is 9.60. The zero-order valence-corrected chi connectivity index (χ0v) is 17.6. The number of hydrogen-bond donors (Lipinski definition) is 0. The van der Waals surface area contributed by atoms with Gasteiger partial charge in [0.2, 0.25) is 0 Å². The highest BCUT2D eigenvalue weighted by atomic mass is 15.1. The maximum atomic E-state index is 5.48. The van der Waals surface area contributed by atoms with Gasteiger partial charge in [0.1, 0.15) is 0 Å². The number of aliphatic imine (C=N–C) groups is 2. The summed E-state index contributed by atoms with van der Waals surface area (Å²) in [5.74, 6) is 0. The highest BCUT2D eigenvalue weighted by Gasteiger charge is 2.60. The zero-order chi connectivity index (χ0) is 18.2. The molecule has 0 aromatic heterocycles. The number of hydrogen-bond acceptors (Lipinski definition) is 2. The number of nitrogens with zero attached hydrogens (tertiary/aromatic N) is 2. The summed E-state index contributed by atoms with van der Waals surface area (Å²) >= 11 is 0. The molecule has 0 fully saturated rings. The minimum Gasteiger partial charge on any atom is -0.284 e. The smallest absolute Gasteiger partial charge is 0.0913 e. The summed E-state index contributed by atoms with van der Waals surface area (Å²) in [6, 6.07) is 0. The van der Waals surface area contributed by atoms with Gasteiger partial charge in [-0.2, -0.15) is 0 Å². The standard InChI is InChI=1S/C22H40N2/c1-9-11-13-21-15-17(19(3,4)5)24-22(21,14-12-10-2)16-18(23-21)20(6,7)8/h9-16H2,1-8H3. The maximum absolute atomic E-state index is 5.48. The van der Waals surface area contributed by atoms with Crippen LogP contribution in [0.2, 0.25) is 0 Å². The summed E-state index contributed by atoms with van der Waals surface area (Å²) in [4.78, 5) is 11.0. The van der Waals surface area contributed by atoms with Gasteiger partial charge in [-0.05, 0) is 23.7 Å². The summed E-state index contributed by atoms with van der Waals surface area (Å²) in [5.41, 5.74) is 3.24. The van der Waals surface area contributed by atoms with E-state index in [4.69, 9.17) is 9.98 Å². The van der Waals surface area contributed by atoms with Gasteiger partial charge in [0.25, 0.3) is 0 Å². The van der Waals surface area contributed by atoms with E-state index < -0.39 is 0 Å². The van der Waals surface area contributed by atoms with Gasteiger partial charge in [-0.3, -0.25) is 9.98 Å². The molecule has 2 aliphatic rings. The van der Waals surface area contributed by atoms with Crippen LogP contribution in [0, 0.1) is 10.8 Å². The van der Waals surface area contributed by atoms with Crippen molar-refractivity contribution in [1.82, 2.24) is 0 Å². The average Bonchev–Trinajstić information content (AvgIpc) is 2.91. The molecule has 0 saturated heterocycles. The van der Waals surface area contributed by atoms with Crippen molar-refractivity contribution in [2.75, 3.05) is 0 Å². The van der Waals surface area contributed by atoms with Gasteiger partial charge in [0.05, 0.1) is 11.1 Å². The second kappa shape index (κ2) is 6.57. The molecule has 0 aliphatic carbocycles. The van der Waals surface area contributed by atoms with Crippen molar-refractivity contribution < 1.29 is 0 Å². The molecule has 0 N–H and O–H groups in total. The Morgan fingerprint density at radius 3 is 1.29 bits per heavy atom. The first kappa shape index (κ1) is 19.7. The van der Waals surface area contributed by atoms with Crippen LogP contribution in [-0.2, 0) is 0 Å². The molecule has 2 nitrogen and oxygen atoms in total. The third kappa shape index (κ3) is 3.48. The highest BCUT2D eigenvalue weighted by molar-refractivity contribution is 5.99. The molecule has 0 amide bonds. The maximum Gasteiger partial charge on any atom is 0.0913 e. The Hall–Kier alpha value is -0.660. The lowest BCUT2D eigenvalue weighted by Gasteiger charge is -2.37. The fraction of sp³-hybridized carbons (Fsp3) is 0.909. The molecule has 24 heavy (non-hydrogen) atoms. The van der Waals surface area contributed by atoms with E-state index in [9.17, 15) is 0 Å². The van der Waals surface area contributed by atoms with Gasteiger partial charge in [-0.25, -0.2) is 0 Å². The Kier molecular flexibility index (Phi) is 5.39. The Balaban J connectivity index is 2.48. The Labute approximate surface area is 150 Å². The second-order valence-corrected chi connectivity index (χ2v) is 10.2. The molecule has 0 aromatic rings. The molecule has 0 saturated carbocycles. The van der Waals surface area contributed by atoms with Crippen LogP contribution in [0.5, 0.6) is 0 Å². The van der Waals surface area contributed by atoms with Crippen molar-refractivity contribution in [2.45, 2.75) is 118 Å². The van der Waals surface area contributed by atoms with Crippen molar-refractivity contribution >= 4 is 11.4 Å². The molecule has 0 bridgehead atoms. The average molecular weight is 333 g/mol. The topological polar surface area (TPSA) is 24.7 Å². The molecule has 0 spiro atoms. The molecule has 2 rings (SSSR count). The van der Waals surface area contributed by atoms with Crippen molar-refractivity contribution in [3.05, 3.63) is 0 Å². The van der Waals surface area contributed by atoms with E-state index >= 15 is 0 Å². The number of unbranched alkanes of at least 4 members (excludes halogenated alkanes) is 2. The van der Waals surface area contributed by atoms with E-state index in [1.165, 1.54) is 49.9 Å². The molecular formula is C22H40N2. The van der Waals surface area contributed by atoms with E-state index in [-0.39, 0.29) is 21.9 Å². The monoisotopic (exact) mass is 332 g/mol. The van der Waals surface area contributed by atoms with E-state index in [2.05, 4.69) is 55.4 Å². The van der Waals surface area contributed by atoms with E-state index in [1.807, 2.05) is 0 Å². The van der Waals surface area contributed by atoms with Gasteiger partial charge in [-0.15, -0.1) is 0 Å². The van der Waals surface area contributed by atoms with Gasteiger partial charge < -0.3 is 0 Å². The van der Waals surface area contributed by atoms with Gasteiger partial charge >= 0.3 is 0 Å². The van der Waals surface area contributed by atoms with E-state index in [0.717, 1.165) is 12.8 Å². The van der Waals surface area contributed by atoms with Crippen molar-refractivity contribution in [2.24, 2.45) is 20.8 Å². The lowest BCUT2D eigenvalue weighted by atomic mass is 9.69. The van der Waals surface area contributed by atoms with Crippen LogP contribution in [0.25, 0.3) is 0 Å². The predicted molar refractivity (Wildman–Crippen MR) is 108 cm³/mol. The fourth-order valence-electron chi connectivity index (χ4n) is 4.32. The molecule has 2 atom stereocenters. The molecule has 2 heteroatoms. The largest absolute Gasteiger partial charge is 0.284 e. The lowest BCUT2D eigenvalue weighted by molar-refractivity contribution is 0.237. The Morgan fingerprint density at radius 1 is 0.708 bits per heavy atom.